The zero-order valence-corrected chi connectivity index (χ0v) is 26.6. The zero-order chi connectivity index (χ0) is 31.8. The highest BCUT2D eigenvalue weighted by Crippen LogP contribution is 2.36. The van der Waals surface area contributed by atoms with Crippen molar-refractivity contribution in [2.45, 2.75) is 63.6 Å². The molecular formula is C34H41N3O7S. The van der Waals surface area contributed by atoms with Crippen LogP contribution in [-0.2, 0) is 32.6 Å². The predicted octanol–water partition coefficient (Wildman–Crippen LogP) is 4.67. The molecule has 0 saturated heterocycles. The summed E-state index contributed by atoms with van der Waals surface area (Å²) in [4.78, 5) is 29.7. The van der Waals surface area contributed by atoms with Crippen LogP contribution in [0.1, 0.15) is 49.7 Å². The molecule has 1 aliphatic carbocycles. The maximum atomic E-state index is 14.1. The number of hydrogen-bond donors (Lipinski definition) is 1. The van der Waals surface area contributed by atoms with Crippen molar-refractivity contribution in [1.29, 1.82) is 0 Å². The molecule has 240 valence electrons. The van der Waals surface area contributed by atoms with E-state index in [2.05, 4.69) is 5.32 Å². The fourth-order valence-corrected chi connectivity index (χ4v) is 6.89. The first kappa shape index (κ1) is 32.2. The molecule has 5 rings (SSSR count). The molecule has 11 heteroatoms. The molecule has 45 heavy (non-hydrogen) atoms. The molecule has 10 nitrogen and oxygen atoms in total. The molecule has 3 aromatic carbocycles. The summed E-state index contributed by atoms with van der Waals surface area (Å²) in [6.07, 6.45) is 5.77. The molecule has 1 heterocycles. The quantitative estimate of drug-likeness (QED) is 0.274. The Morgan fingerprint density at radius 3 is 2.42 bits per heavy atom. The van der Waals surface area contributed by atoms with Gasteiger partial charge in [0, 0.05) is 38.0 Å². The van der Waals surface area contributed by atoms with E-state index in [1.807, 2.05) is 54.6 Å². The average Bonchev–Trinajstić information content (AvgIpc) is 3.73. The number of sulfonamides is 1. The molecule has 1 saturated carbocycles. The molecule has 0 unspecified atom stereocenters. The first-order valence-corrected chi connectivity index (χ1v) is 17.2. The van der Waals surface area contributed by atoms with Crippen LogP contribution in [0.25, 0.3) is 0 Å². The molecule has 1 atom stereocenters. The maximum Gasteiger partial charge on any atom is 0.243 e. The Bertz CT molecular complexity index is 1580. The number of ether oxygens (including phenoxy) is 3. The van der Waals surface area contributed by atoms with Crippen molar-refractivity contribution < 1.29 is 32.2 Å². The van der Waals surface area contributed by atoms with Gasteiger partial charge in [0.25, 0.3) is 0 Å². The van der Waals surface area contributed by atoms with Crippen molar-refractivity contribution in [1.82, 2.24) is 10.2 Å². The van der Waals surface area contributed by atoms with Crippen molar-refractivity contribution in [3.8, 4) is 17.2 Å². The second-order valence-electron chi connectivity index (χ2n) is 11.5. The predicted molar refractivity (Wildman–Crippen MR) is 172 cm³/mol. The Balaban J connectivity index is 1.39. The van der Waals surface area contributed by atoms with E-state index in [9.17, 15) is 18.0 Å². The number of amides is 2. The number of carbonyl (C=O) groups is 2. The Hall–Kier alpha value is -4.25. The van der Waals surface area contributed by atoms with E-state index in [1.165, 1.54) is 4.31 Å². The van der Waals surface area contributed by atoms with Crippen LogP contribution in [0.4, 0.5) is 5.69 Å². The van der Waals surface area contributed by atoms with Gasteiger partial charge in [-0.1, -0.05) is 55.3 Å². The van der Waals surface area contributed by atoms with Gasteiger partial charge in [-0.25, -0.2) is 8.42 Å². The average molecular weight is 636 g/mol. The Morgan fingerprint density at radius 2 is 1.69 bits per heavy atom. The third-order valence-corrected chi connectivity index (χ3v) is 9.45. The normalized spacial score (nSPS) is 15.0. The van der Waals surface area contributed by atoms with E-state index in [4.69, 9.17) is 14.2 Å². The van der Waals surface area contributed by atoms with E-state index in [0.29, 0.717) is 29.4 Å². The van der Waals surface area contributed by atoms with Crippen LogP contribution in [-0.4, -0.2) is 63.9 Å². The molecule has 1 fully saturated rings. The monoisotopic (exact) mass is 635 g/mol. The Labute approximate surface area is 265 Å². The molecule has 2 amide bonds. The zero-order valence-electron chi connectivity index (χ0n) is 25.8. The summed E-state index contributed by atoms with van der Waals surface area (Å²) in [5.41, 5.74) is 2.20. The van der Waals surface area contributed by atoms with Crippen molar-refractivity contribution >= 4 is 27.5 Å². The van der Waals surface area contributed by atoms with Gasteiger partial charge in [-0.2, -0.15) is 0 Å². The van der Waals surface area contributed by atoms with Crippen LogP contribution in [0, 0.1) is 0 Å². The van der Waals surface area contributed by atoms with Crippen molar-refractivity contribution in [2.75, 3.05) is 31.0 Å². The number of hydrogen-bond acceptors (Lipinski definition) is 7. The van der Waals surface area contributed by atoms with Gasteiger partial charge in [0.2, 0.25) is 28.6 Å². The standard InChI is InChI=1S/C34H41N3O7S/c1-42-29-15-8-12-26(20-29)23-36(30(21-25-10-4-3-5-11-25)34(39)35-27-13-6-7-14-27)33(38)16-9-19-37(45(2,40)41)28-17-18-31-32(22-28)44-24-43-31/h3-5,8,10-12,15,17-18,20,22,27,30H,6-7,9,13-14,16,19,21,23-24H2,1-2H3,(H,35,39)/t30-/m0/s1. The third-order valence-electron chi connectivity index (χ3n) is 8.26. The summed E-state index contributed by atoms with van der Waals surface area (Å²) >= 11 is 0. The molecule has 1 aliphatic heterocycles. The highest BCUT2D eigenvalue weighted by atomic mass is 32.2. The van der Waals surface area contributed by atoms with E-state index >= 15 is 0 Å². The first-order chi connectivity index (χ1) is 21.7. The van der Waals surface area contributed by atoms with Gasteiger partial charge in [0.15, 0.2) is 11.5 Å². The largest absolute Gasteiger partial charge is 0.497 e. The molecule has 0 aromatic heterocycles. The van der Waals surface area contributed by atoms with Crippen LogP contribution in [0.15, 0.2) is 72.8 Å². The van der Waals surface area contributed by atoms with Gasteiger partial charge in [0.1, 0.15) is 11.8 Å². The highest BCUT2D eigenvalue weighted by molar-refractivity contribution is 7.92. The Morgan fingerprint density at radius 1 is 0.956 bits per heavy atom. The van der Waals surface area contributed by atoms with E-state index in [1.54, 1.807) is 30.2 Å². The highest BCUT2D eigenvalue weighted by Gasteiger charge is 2.32. The summed E-state index contributed by atoms with van der Waals surface area (Å²) in [6, 6.07) is 21.4. The topological polar surface area (TPSA) is 114 Å². The lowest BCUT2D eigenvalue weighted by atomic mass is 10.0. The number of carbonyl (C=O) groups excluding carboxylic acids is 2. The van der Waals surface area contributed by atoms with E-state index in [-0.39, 0.29) is 50.6 Å². The summed E-state index contributed by atoms with van der Waals surface area (Å²) in [7, 11) is -2.07. The van der Waals surface area contributed by atoms with Gasteiger partial charge in [-0.05, 0) is 54.7 Å². The van der Waals surface area contributed by atoms with Crippen LogP contribution in [0.5, 0.6) is 17.2 Å². The van der Waals surface area contributed by atoms with Crippen LogP contribution in [0.3, 0.4) is 0 Å². The van der Waals surface area contributed by atoms with Crippen molar-refractivity contribution in [3.05, 3.63) is 83.9 Å². The minimum absolute atomic E-state index is 0.0442. The van der Waals surface area contributed by atoms with Gasteiger partial charge < -0.3 is 24.4 Å². The fraction of sp³-hybridized carbons (Fsp3) is 0.412. The number of methoxy groups -OCH3 is 1. The smallest absolute Gasteiger partial charge is 0.243 e. The van der Waals surface area contributed by atoms with Crippen LogP contribution < -0.4 is 23.8 Å². The molecule has 0 bridgehead atoms. The van der Waals surface area contributed by atoms with Crippen LogP contribution in [0.2, 0.25) is 0 Å². The molecule has 0 spiro atoms. The molecule has 1 N–H and O–H groups in total. The second-order valence-corrected chi connectivity index (χ2v) is 13.5. The molecule has 2 aliphatic rings. The summed E-state index contributed by atoms with van der Waals surface area (Å²) in [5.74, 6) is 1.26. The van der Waals surface area contributed by atoms with Crippen molar-refractivity contribution in [3.63, 3.8) is 0 Å². The number of benzene rings is 3. The van der Waals surface area contributed by atoms with E-state index < -0.39 is 16.1 Å². The number of fused-ring (bicyclic) bond motifs is 1. The lowest BCUT2D eigenvalue weighted by Crippen LogP contribution is -2.52. The first-order valence-electron chi connectivity index (χ1n) is 15.4. The van der Waals surface area contributed by atoms with E-state index in [0.717, 1.165) is 43.1 Å². The van der Waals surface area contributed by atoms with Crippen molar-refractivity contribution in [2.24, 2.45) is 0 Å². The summed E-state index contributed by atoms with van der Waals surface area (Å²) in [6.45, 7) is 0.353. The van der Waals surface area contributed by atoms with Gasteiger partial charge >= 0.3 is 0 Å². The number of nitrogens with one attached hydrogen (secondary N) is 1. The summed E-state index contributed by atoms with van der Waals surface area (Å²) < 4.78 is 43.1. The lowest BCUT2D eigenvalue weighted by molar-refractivity contribution is -0.141. The number of nitrogens with zero attached hydrogens (tertiary/aromatic N) is 2. The minimum atomic E-state index is -3.66. The number of rotatable bonds is 14. The maximum absolute atomic E-state index is 14.1. The van der Waals surface area contributed by atoms with Gasteiger partial charge in [-0.3, -0.25) is 13.9 Å². The van der Waals surface area contributed by atoms with Crippen LogP contribution >= 0.6 is 0 Å². The molecule has 3 aromatic rings. The second kappa shape index (κ2) is 14.7. The summed E-state index contributed by atoms with van der Waals surface area (Å²) in [5, 5.41) is 3.21. The van der Waals surface area contributed by atoms with Gasteiger partial charge in [-0.15, -0.1) is 0 Å². The lowest BCUT2D eigenvalue weighted by Gasteiger charge is -2.33. The number of anilines is 1. The molecule has 0 radical (unpaired) electrons. The Kier molecular flexibility index (Phi) is 10.5. The van der Waals surface area contributed by atoms with Gasteiger partial charge in [0.05, 0.1) is 19.1 Å². The third kappa shape index (κ3) is 8.48. The minimum Gasteiger partial charge on any atom is -0.497 e. The fourth-order valence-electron chi connectivity index (χ4n) is 5.93. The SMILES string of the molecule is COc1cccc(CN(C(=O)CCCN(c2ccc3c(c2)OCO3)S(C)(=O)=O)[C@@H](Cc2ccccc2)C(=O)NC2CCCC2)c1. The molecular weight excluding hydrogens is 594 g/mol.